The van der Waals surface area contributed by atoms with E-state index in [9.17, 15) is 14.4 Å². The van der Waals surface area contributed by atoms with Crippen LogP contribution in [-0.4, -0.2) is 48.4 Å². The average molecular weight is 501 g/mol. The van der Waals surface area contributed by atoms with Crippen LogP contribution in [0, 0.1) is 29.1 Å². The van der Waals surface area contributed by atoms with Gasteiger partial charge in [0.2, 0.25) is 11.8 Å². The van der Waals surface area contributed by atoms with Gasteiger partial charge in [0.1, 0.15) is 10.9 Å². The summed E-state index contributed by atoms with van der Waals surface area (Å²) in [6.45, 7) is 13.0. The number of likely N-dealkylation sites (tertiary alicyclic amines) is 1. The fourth-order valence-corrected chi connectivity index (χ4v) is 5.81. The highest BCUT2D eigenvalue weighted by Gasteiger charge is 2.42. The predicted octanol–water partition coefficient (Wildman–Crippen LogP) is 5.49. The van der Waals surface area contributed by atoms with Gasteiger partial charge in [-0.15, -0.1) is 11.3 Å². The molecule has 1 aliphatic carbocycles. The molecule has 2 amide bonds. The molecular weight excluding hydrogens is 460 g/mol. The van der Waals surface area contributed by atoms with Crippen molar-refractivity contribution in [2.24, 2.45) is 17.3 Å². The summed E-state index contributed by atoms with van der Waals surface area (Å²) in [7, 11) is 1.34. The van der Waals surface area contributed by atoms with Crippen LogP contribution in [0.3, 0.4) is 0 Å². The molecule has 3 rings (SSSR count). The number of rotatable bonds is 5. The summed E-state index contributed by atoms with van der Waals surface area (Å²) < 4.78 is 5.09. The number of carbonyl (C=O) groups excluding carboxylic acids is 3. The number of methoxy groups -OCH3 is 1. The number of hydrogen-bond acceptors (Lipinski definition) is 5. The Kier molecular flexibility index (Phi) is 8.69. The molecule has 192 valence electrons. The molecule has 0 spiro atoms. The second kappa shape index (κ2) is 11.2. The second-order valence-corrected chi connectivity index (χ2v) is 12.3. The fraction of sp³-hybridized carbons (Fsp3) is 0.679. The van der Waals surface area contributed by atoms with Crippen molar-refractivity contribution in [3.63, 3.8) is 0 Å². The van der Waals surface area contributed by atoms with E-state index in [4.69, 9.17) is 4.74 Å². The van der Waals surface area contributed by atoms with Gasteiger partial charge in [0, 0.05) is 23.9 Å². The van der Waals surface area contributed by atoms with Crippen molar-refractivity contribution in [1.82, 2.24) is 4.90 Å². The van der Waals surface area contributed by atoms with E-state index < -0.39 is 12.0 Å². The van der Waals surface area contributed by atoms with Gasteiger partial charge in [-0.1, -0.05) is 18.8 Å². The van der Waals surface area contributed by atoms with Crippen LogP contribution in [0.4, 0.5) is 5.69 Å². The topological polar surface area (TPSA) is 66.9 Å². The Morgan fingerprint density at radius 1 is 1.17 bits per heavy atom. The third-order valence-electron chi connectivity index (χ3n) is 6.89. The molecule has 1 aromatic heterocycles. The molecule has 1 aromatic rings. The Hall–Kier alpha value is -2.33. The highest BCUT2D eigenvalue weighted by Crippen LogP contribution is 2.38. The standard InChI is InChI=1S/C28H40N2O4S/c1-18(2)29-16-8-9-22(26(29)32)30(25(31)20-12-10-19(3)11-13-20)23-17-21(14-15-28(4,5)6)35-24(23)27(33)34-7/h17-20,22H,8-13,16H2,1-7H3/t19-,20-,22-/m0/s1. The number of ether oxygens (including phenoxy) is 1. The maximum absolute atomic E-state index is 14.1. The van der Waals surface area contributed by atoms with Gasteiger partial charge in [-0.2, -0.15) is 0 Å². The lowest BCUT2D eigenvalue weighted by Crippen LogP contribution is -2.57. The number of piperidine rings is 1. The number of hydrogen-bond donors (Lipinski definition) is 0. The number of nitrogens with zero attached hydrogens (tertiary/aromatic N) is 2. The number of carbonyl (C=O) groups is 3. The van der Waals surface area contributed by atoms with Crippen molar-refractivity contribution in [1.29, 1.82) is 0 Å². The van der Waals surface area contributed by atoms with Crippen molar-refractivity contribution in [2.75, 3.05) is 18.6 Å². The zero-order valence-corrected chi connectivity index (χ0v) is 23.1. The number of thiophene rings is 1. The summed E-state index contributed by atoms with van der Waals surface area (Å²) in [4.78, 5) is 45.1. The number of anilines is 1. The summed E-state index contributed by atoms with van der Waals surface area (Å²) in [6, 6.07) is 1.23. The van der Waals surface area contributed by atoms with E-state index in [2.05, 4.69) is 18.8 Å². The van der Waals surface area contributed by atoms with Gasteiger partial charge in [-0.3, -0.25) is 14.5 Å². The van der Waals surface area contributed by atoms with E-state index >= 15 is 0 Å². The molecule has 0 radical (unpaired) electrons. The lowest BCUT2D eigenvalue weighted by Gasteiger charge is -2.41. The molecule has 1 aliphatic heterocycles. The van der Waals surface area contributed by atoms with Gasteiger partial charge in [0.05, 0.1) is 17.7 Å². The van der Waals surface area contributed by atoms with E-state index in [1.54, 1.807) is 11.0 Å². The summed E-state index contributed by atoms with van der Waals surface area (Å²) in [5, 5.41) is 0. The number of amides is 2. The molecule has 1 saturated heterocycles. The average Bonchev–Trinajstić information content (AvgIpc) is 3.22. The molecule has 0 aromatic carbocycles. The van der Waals surface area contributed by atoms with E-state index in [0.29, 0.717) is 34.3 Å². The van der Waals surface area contributed by atoms with Gasteiger partial charge < -0.3 is 9.64 Å². The summed E-state index contributed by atoms with van der Waals surface area (Å²) in [6.07, 6.45) is 5.00. The van der Waals surface area contributed by atoms with Crippen LogP contribution >= 0.6 is 11.3 Å². The van der Waals surface area contributed by atoms with E-state index in [1.807, 2.05) is 39.5 Å². The van der Waals surface area contributed by atoms with Crippen molar-refractivity contribution in [3.05, 3.63) is 15.8 Å². The van der Waals surface area contributed by atoms with Gasteiger partial charge >= 0.3 is 5.97 Å². The van der Waals surface area contributed by atoms with Gasteiger partial charge in [0.25, 0.3) is 0 Å². The molecule has 35 heavy (non-hydrogen) atoms. The Morgan fingerprint density at radius 3 is 2.40 bits per heavy atom. The maximum Gasteiger partial charge on any atom is 0.350 e. The van der Waals surface area contributed by atoms with E-state index in [1.165, 1.54) is 18.4 Å². The first kappa shape index (κ1) is 27.3. The first-order chi connectivity index (χ1) is 16.4. The van der Waals surface area contributed by atoms with Crippen molar-refractivity contribution >= 4 is 34.8 Å². The minimum Gasteiger partial charge on any atom is -0.465 e. The van der Waals surface area contributed by atoms with Gasteiger partial charge in [-0.05, 0) is 85.1 Å². The van der Waals surface area contributed by atoms with Crippen LogP contribution in [0.2, 0.25) is 0 Å². The Morgan fingerprint density at radius 2 is 1.83 bits per heavy atom. The Balaban J connectivity index is 2.11. The third-order valence-corrected chi connectivity index (χ3v) is 7.91. The van der Waals surface area contributed by atoms with Crippen LogP contribution in [0.15, 0.2) is 6.07 Å². The molecule has 1 atom stereocenters. The van der Waals surface area contributed by atoms with Gasteiger partial charge in [0.15, 0.2) is 0 Å². The van der Waals surface area contributed by atoms with Crippen LogP contribution in [0.25, 0.3) is 0 Å². The summed E-state index contributed by atoms with van der Waals surface area (Å²) in [5.74, 6) is 6.23. The molecule has 0 N–H and O–H groups in total. The largest absolute Gasteiger partial charge is 0.465 e. The smallest absolute Gasteiger partial charge is 0.350 e. The van der Waals surface area contributed by atoms with Crippen molar-refractivity contribution < 1.29 is 19.1 Å². The zero-order valence-electron chi connectivity index (χ0n) is 22.3. The molecule has 7 heteroatoms. The predicted molar refractivity (Wildman–Crippen MR) is 140 cm³/mol. The molecule has 1 saturated carbocycles. The highest BCUT2D eigenvalue weighted by atomic mass is 32.1. The first-order valence-corrected chi connectivity index (χ1v) is 13.6. The second-order valence-electron chi connectivity index (χ2n) is 11.3. The van der Waals surface area contributed by atoms with Crippen LogP contribution < -0.4 is 4.90 Å². The monoisotopic (exact) mass is 500 g/mol. The van der Waals surface area contributed by atoms with Crippen LogP contribution in [-0.2, 0) is 14.3 Å². The summed E-state index contributed by atoms with van der Waals surface area (Å²) >= 11 is 1.23. The minimum absolute atomic E-state index is 0.0480. The molecule has 2 heterocycles. The van der Waals surface area contributed by atoms with E-state index in [-0.39, 0.29) is 29.2 Å². The highest BCUT2D eigenvalue weighted by molar-refractivity contribution is 7.15. The van der Waals surface area contributed by atoms with E-state index in [0.717, 1.165) is 32.1 Å². The van der Waals surface area contributed by atoms with Crippen LogP contribution in [0.1, 0.15) is 94.6 Å². The zero-order chi connectivity index (χ0) is 25.9. The molecular formula is C28H40N2O4S. The lowest BCUT2D eigenvalue weighted by molar-refractivity contribution is -0.139. The fourth-order valence-electron chi connectivity index (χ4n) is 4.89. The minimum atomic E-state index is -0.626. The quantitative estimate of drug-likeness (QED) is 0.396. The third kappa shape index (κ3) is 6.46. The Labute approximate surface area is 214 Å². The maximum atomic E-state index is 14.1. The summed E-state index contributed by atoms with van der Waals surface area (Å²) in [5.41, 5.74) is 0.258. The lowest BCUT2D eigenvalue weighted by atomic mass is 9.82. The normalized spacial score (nSPS) is 23.0. The molecule has 6 nitrogen and oxygen atoms in total. The Bertz CT molecular complexity index is 1000. The molecule has 0 bridgehead atoms. The SMILES string of the molecule is COC(=O)c1sc(C#CC(C)(C)C)cc1N(C(=O)[C@H]1CC[C@H](C)CC1)[C@H]1CCCN(C(C)C)C1=O. The van der Waals surface area contributed by atoms with Crippen LogP contribution in [0.5, 0.6) is 0 Å². The van der Waals surface area contributed by atoms with Crippen molar-refractivity contribution in [2.45, 2.75) is 92.2 Å². The first-order valence-electron chi connectivity index (χ1n) is 12.8. The molecule has 0 unspecified atom stereocenters. The number of esters is 1. The molecule has 2 aliphatic rings. The van der Waals surface area contributed by atoms with Gasteiger partial charge in [-0.25, -0.2) is 4.79 Å². The molecule has 2 fully saturated rings. The van der Waals surface area contributed by atoms with Crippen molar-refractivity contribution in [3.8, 4) is 11.8 Å².